The molecule has 0 aliphatic heterocycles. The second kappa shape index (κ2) is 8.54. The first kappa shape index (κ1) is 18.2. The van der Waals surface area contributed by atoms with E-state index in [2.05, 4.69) is 15.9 Å². The van der Waals surface area contributed by atoms with Crippen LogP contribution in [0.15, 0.2) is 45.6 Å². The maximum atomic E-state index is 12.3. The van der Waals surface area contributed by atoms with Crippen LogP contribution in [-0.4, -0.2) is 23.9 Å². The van der Waals surface area contributed by atoms with Gasteiger partial charge in [0.1, 0.15) is 0 Å². The van der Waals surface area contributed by atoms with E-state index < -0.39 is 6.04 Å². The first-order valence-corrected chi connectivity index (χ1v) is 8.01. The Balaban J connectivity index is 0.00000220. The lowest BCUT2D eigenvalue weighted by molar-refractivity contribution is -0.131. The molecule has 0 radical (unpaired) electrons. The average molecular weight is 390 g/mol. The first-order chi connectivity index (χ1) is 9.56. The number of hydrogen-bond acceptors (Lipinski definition) is 3. The van der Waals surface area contributed by atoms with Crippen molar-refractivity contribution < 1.29 is 4.79 Å². The molecule has 3 nitrogen and oxygen atoms in total. The fourth-order valence-electron chi connectivity index (χ4n) is 2.02. The molecule has 2 rings (SSSR count). The van der Waals surface area contributed by atoms with Crippen LogP contribution in [0.1, 0.15) is 11.1 Å². The zero-order valence-electron chi connectivity index (χ0n) is 11.7. The molecule has 1 aromatic carbocycles. The van der Waals surface area contributed by atoms with Gasteiger partial charge in [0.05, 0.1) is 9.83 Å². The molecule has 6 heteroatoms. The van der Waals surface area contributed by atoms with E-state index in [9.17, 15) is 4.79 Å². The number of carbonyl (C=O) groups is 1. The number of amides is 1. The van der Waals surface area contributed by atoms with Crippen LogP contribution < -0.4 is 5.73 Å². The predicted octanol–water partition coefficient (Wildman–Crippen LogP) is 3.46. The molecule has 1 aromatic heterocycles. The molecule has 0 aliphatic rings. The molecule has 0 saturated heterocycles. The van der Waals surface area contributed by atoms with Gasteiger partial charge in [0.15, 0.2) is 0 Å². The van der Waals surface area contributed by atoms with E-state index in [1.165, 1.54) is 0 Å². The van der Waals surface area contributed by atoms with Gasteiger partial charge in [-0.2, -0.15) is 0 Å². The maximum absolute atomic E-state index is 12.3. The molecule has 0 bridgehead atoms. The minimum Gasteiger partial charge on any atom is -0.340 e. The number of nitrogens with zero attached hydrogens (tertiary/aromatic N) is 1. The van der Waals surface area contributed by atoms with Crippen molar-refractivity contribution in [3.05, 3.63) is 56.7 Å². The van der Waals surface area contributed by atoms with E-state index in [1.54, 1.807) is 23.3 Å². The third kappa shape index (κ3) is 5.43. The highest BCUT2D eigenvalue weighted by Gasteiger charge is 2.18. The molecule has 0 unspecified atom stereocenters. The van der Waals surface area contributed by atoms with Crippen molar-refractivity contribution in [3.8, 4) is 0 Å². The van der Waals surface area contributed by atoms with Crippen LogP contribution >= 0.6 is 39.7 Å². The lowest BCUT2D eigenvalue weighted by atomic mass is 10.1. The normalized spacial score (nSPS) is 11.6. The third-order valence-electron chi connectivity index (χ3n) is 3.03. The average Bonchev–Trinajstić information content (AvgIpc) is 2.84. The predicted molar refractivity (Wildman–Crippen MR) is 93.9 cm³/mol. The zero-order chi connectivity index (χ0) is 14.5. The molecule has 1 atom stereocenters. The highest BCUT2D eigenvalue weighted by Crippen LogP contribution is 2.21. The summed E-state index contributed by atoms with van der Waals surface area (Å²) in [6.45, 7) is 0.587. The number of benzene rings is 1. The quantitative estimate of drug-likeness (QED) is 0.851. The van der Waals surface area contributed by atoms with Gasteiger partial charge >= 0.3 is 0 Å². The Bertz CT molecular complexity index is 576. The lowest BCUT2D eigenvalue weighted by Crippen LogP contribution is -2.42. The number of likely N-dealkylation sites (N-methyl/N-ethyl adjacent to an activating group) is 1. The van der Waals surface area contributed by atoms with Gasteiger partial charge in [-0.05, 0) is 44.9 Å². The molecule has 2 N–H and O–H groups in total. The van der Waals surface area contributed by atoms with Crippen LogP contribution in [-0.2, 0) is 17.8 Å². The summed E-state index contributed by atoms with van der Waals surface area (Å²) in [6.07, 6.45) is 0.567. The van der Waals surface area contributed by atoms with Crippen molar-refractivity contribution in [1.29, 1.82) is 0 Å². The van der Waals surface area contributed by atoms with Gasteiger partial charge in [-0.15, -0.1) is 23.7 Å². The Morgan fingerprint density at radius 1 is 1.33 bits per heavy atom. The van der Waals surface area contributed by atoms with Crippen molar-refractivity contribution >= 4 is 45.6 Å². The minimum atomic E-state index is -0.496. The Morgan fingerprint density at radius 2 is 2.00 bits per heavy atom. The number of halogens is 2. The summed E-state index contributed by atoms with van der Waals surface area (Å²) in [4.78, 5) is 13.9. The van der Waals surface area contributed by atoms with E-state index >= 15 is 0 Å². The van der Waals surface area contributed by atoms with E-state index in [0.717, 1.165) is 14.9 Å². The molecule has 0 aliphatic carbocycles. The van der Waals surface area contributed by atoms with Crippen molar-refractivity contribution in [3.63, 3.8) is 0 Å². The van der Waals surface area contributed by atoms with Crippen LogP contribution in [0.2, 0.25) is 0 Å². The molecule has 0 fully saturated rings. The largest absolute Gasteiger partial charge is 0.340 e. The van der Waals surface area contributed by atoms with E-state index in [1.807, 2.05) is 41.8 Å². The van der Waals surface area contributed by atoms with Crippen LogP contribution in [0.5, 0.6) is 0 Å². The van der Waals surface area contributed by atoms with Crippen molar-refractivity contribution in [2.75, 3.05) is 7.05 Å². The van der Waals surface area contributed by atoms with Gasteiger partial charge < -0.3 is 10.6 Å². The summed E-state index contributed by atoms with van der Waals surface area (Å²) in [5.41, 5.74) is 8.21. The molecular formula is C15H18BrClN2OS. The van der Waals surface area contributed by atoms with Crippen LogP contribution in [0.25, 0.3) is 0 Å². The number of thiophene rings is 1. The summed E-state index contributed by atoms with van der Waals surface area (Å²) in [5.74, 6) is -0.0313. The standard InChI is InChI=1S/C15H17BrN2OS.ClH/c1-18(9-12-8-14(16)20-10-12)15(19)13(17)7-11-5-3-2-4-6-11;/h2-6,8,10,13H,7,9,17H2,1H3;1H/t13-;/m0./s1. The molecular weight excluding hydrogens is 372 g/mol. The van der Waals surface area contributed by atoms with Gasteiger partial charge in [-0.1, -0.05) is 30.3 Å². The number of nitrogens with two attached hydrogens (primary N) is 1. The zero-order valence-corrected chi connectivity index (χ0v) is 14.9. The SMILES string of the molecule is CN(Cc1csc(Br)c1)C(=O)[C@@H](N)Cc1ccccc1.Cl. The Hall–Kier alpha value is -0.880. The molecule has 2 aromatic rings. The van der Waals surface area contributed by atoms with Gasteiger partial charge in [0.2, 0.25) is 5.91 Å². The van der Waals surface area contributed by atoms with Crippen molar-refractivity contribution in [2.24, 2.45) is 5.73 Å². The summed E-state index contributed by atoms with van der Waals surface area (Å²) < 4.78 is 1.07. The van der Waals surface area contributed by atoms with Crippen molar-refractivity contribution in [2.45, 2.75) is 19.0 Å². The molecule has 0 saturated carbocycles. The topological polar surface area (TPSA) is 46.3 Å². The number of carbonyl (C=O) groups excluding carboxylic acids is 1. The van der Waals surface area contributed by atoms with E-state index in [0.29, 0.717) is 13.0 Å². The van der Waals surface area contributed by atoms with Crippen LogP contribution in [0.3, 0.4) is 0 Å². The fraction of sp³-hybridized carbons (Fsp3) is 0.267. The maximum Gasteiger partial charge on any atom is 0.239 e. The summed E-state index contributed by atoms with van der Waals surface area (Å²) in [7, 11) is 1.79. The summed E-state index contributed by atoms with van der Waals surface area (Å²) in [5, 5.41) is 2.04. The monoisotopic (exact) mass is 388 g/mol. The Morgan fingerprint density at radius 3 is 2.57 bits per heavy atom. The van der Waals surface area contributed by atoms with Gasteiger partial charge in [0.25, 0.3) is 0 Å². The van der Waals surface area contributed by atoms with Gasteiger partial charge in [0, 0.05) is 13.6 Å². The molecule has 0 spiro atoms. The first-order valence-electron chi connectivity index (χ1n) is 6.33. The summed E-state index contributed by atoms with van der Waals surface area (Å²) in [6, 6.07) is 11.4. The van der Waals surface area contributed by atoms with E-state index in [-0.39, 0.29) is 18.3 Å². The highest BCUT2D eigenvalue weighted by atomic mass is 79.9. The summed E-state index contributed by atoms with van der Waals surface area (Å²) >= 11 is 5.04. The van der Waals surface area contributed by atoms with E-state index in [4.69, 9.17) is 5.73 Å². The van der Waals surface area contributed by atoms with Crippen molar-refractivity contribution in [1.82, 2.24) is 4.90 Å². The second-order valence-electron chi connectivity index (χ2n) is 4.75. The number of hydrogen-bond donors (Lipinski definition) is 1. The van der Waals surface area contributed by atoms with Crippen LogP contribution in [0.4, 0.5) is 0 Å². The van der Waals surface area contributed by atoms with Crippen LogP contribution in [0, 0.1) is 0 Å². The molecule has 21 heavy (non-hydrogen) atoms. The van der Waals surface area contributed by atoms with Gasteiger partial charge in [-0.3, -0.25) is 4.79 Å². The molecule has 1 heterocycles. The Kier molecular flexibility index (Phi) is 7.39. The lowest BCUT2D eigenvalue weighted by Gasteiger charge is -2.21. The number of rotatable bonds is 5. The van der Waals surface area contributed by atoms with Gasteiger partial charge in [-0.25, -0.2) is 0 Å². The Labute approximate surface area is 143 Å². The smallest absolute Gasteiger partial charge is 0.239 e. The minimum absolute atomic E-state index is 0. The fourth-order valence-corrected chi connectivity index (χ4v) is 3.22. The molecule has 114 valence electrons. The third-order valence-corrected chi connectivity index (χ3v) is 4.59. The molecule has 1 amide bonds. The highest BCUT2D eigenvalue weighted by molar-refractivity contribution is 9.11. The second-order valence-corrected chi connectivity index (χ2v) is 7.04.